The molecule has 0 saturated heterocycles. The van der Waals surface area contributed by atoms with Crippen molar-refractivity contribution < 1.29 is 5.73 Å². The van der Waals surface area contributed by atoms with Gasteiger partial charge in [-0.2, -0.15) is 0 Å². The van der Waals surface area contributed by atoms with E-state index in [1.54, 1.807) is 0 Å². The molecule has 0 amide bonds. The fourth-order valence-electron chi connectivity index (χ4n) is 2.03. The summed E-state index contributed by atoms with van der Waals surface area (Å²) in [7, 11) is 0. The molecule has 0 aromatic rings. The first-order valence-electron chi connectivity index (χ1n) is 6.54. The number of rotatable bonds is 9. The van der Waals surface area contributed by atoms with Crippen LogP contribution < -0.4 is 5.73 Å². The zero-order valence-electron chi connectivity index (χ0n) is 10.6. The van der Waals surface area contributed by atoms with Crippen LogP contribution in [0.25, 0.3) is 0 Å². The maximum atomic E-state index is 4.48. The highest BCUT2D eigenvalue weighted by Gasteiger charge is 2.26. The fourth-order valence-corrected chi connectivity index (χ4v) is 2.03. The van der Waals surface area contributed by atoms with Gasteiger partial charge in [0.05, 0.1) is 5.54 Å². The molecule has 3 N–H and O–H groups in total. The molecule has 0 bridgehead atoms. The van der Waals surface area contributed by atoms with Crippen molar-refractivity contribution in [2.75, 3.05) is 0 Å². The van der Waals surface area contributed by atoms with Gasteiger partial charge in [-0.1, -0.05) is 40.0 Å². The van der Waals surface area contributed by atoms with E-state index < -0.39 is 0 Å². The van der Waals surface area contributed by atoms with Crippen LogP contribution in [0.5, 0.6) is 0 Å². The summed E-state index contributed by atoms with van der Waals surface area (Å²) < 4.78 is 0. The first-order valence-corrected chi connectivity index (χ1v) is 6.54. The van der Waals surface area contributed by atoms with E-state index in [0.29, 0.717) is 5.54 Å². The summed E-state index contributed by atoms with van der Waals surface area (Å²) in [4.78, 5) is 0. The third-order valence-electron chi connectivity index (χ3n) is 3.18. The molecule has 0 spiro atoms. The van der Waals surface area contributed by atoms with E-state index >= 15 is 0 Å². The van der Waals surface area contributed by atoms with Crippen LogP contribution in [0.4, 0.5) is 0 Å². The maximum absolute atomic E-state index is 4.48. The van der Waals surface area contributed by atoms with E-state index in [9.17, 15) is 0 Å². The molecule has 86 valence electrons. The van der Waals surface area contributed by atoms with Gasteiger partial charge in [-0.15, -0.1) is 0 Å². The summed E-state index contributed by atoms with van der Waals surface area (Å²) in [5.41, 5.74) is 4.89. The Morgan fingerprint density at radius 2 is 1.00 bits per heavy atom. The molecule has 1 nitrogen and oxygen atoms in total. The Labute approximate surface area is 90.5 Å². The van der Waals surface area contributed by atoms with E-state index in [1.807, 2.05) is 0 Å². The van der Waals surface area contributed by atoms with E-state index in [0.717, 1.165) is 0 Å². The zero-order valence-corrected chi connectivity index (χ0v) is 10.6. The summed E-state index contributed by atoms with van der Waals surface area (Å²) >= 11 is 0. The average Bonchev–Trinajstić information content (AvgIpc) is 2.21. The van der Waals surface area contributed by atoms with Gasteiger partial charge < -0.3 is 5.73 Å². The van der Waals surface area contributed by atoms with E-state index in [4.69, 9.17) is 0 Å². The lowest BCUT2D eigenvalue weighted by Crippen LogP contribution is -2.72. The third-order valence-corrected chi connectivity index (χ3v) is 3.18. The predicted octanol–water partition coefficient (Wildman–Crippen LogP) is 3.54. The summed E-state index contributed by atoms with van der Waals surface area (Å²) in [6, 6.07) is 0. The van der Waals surface area contributed by atoms with Crippen molar-refractivity contribution in [1.29, 1.82) is 0 Å². The average molecular weight is 200 g/mol. The van der Waals surface area contributed by atoms with Crippen molar-refractivity contribution in [1.82, 2.24) is 0 Å². The van der Waals surface area contributed by atoms with Gasteiger partial charge >= 0.3 is 0 Å². The normalized spacial score (nSPS) is 12.0. The second-order valence-corrected chi connectivity index (χ2v) is 4.81. The van der Waals surface area contributed by atoms with Crippen LogP contribution in [0.2, 0.25) is 0 Å². The van der Waals surface area contributed by atoms with Crippen LogP contribution in [0.15, 0.2) is 0 Å². The molecule has 0 aromatic heterocycles. The molecule has 0 unspecified atom stereocenters. The van der Waals surface area contributed by atoms with Crippen LogP contribution in [0, 0.1) is 0 Å². The molecule has 0 aliphatic carbocycles. The molecule has 1 heteroatoms. The van der Waals surface area contributed by atoms with Crippen LogP contribution in [0.3, 0.4) is 0 Å². The first kappa shape index (κ1) is 14.0. The minimum absolute atomic E-state index is 0.405. The highest BCUT2D eigenvalue weighted by Crippen LogP contribution is 2.22. The molecule has 0 atom stereocenters. The Morgan fingerprint density at radius 1 is 0.714 bits per heavy atom. The Balaban J connectivity index is 3.89. The Morgan fingerprint density at radius 3 is 1.21 bits per heavy atom. The summed E-state index contributed by atoms with van der Waals surface area (Å²) in [6.45, 7) is 6.83. The minimum Gasteiger partial charge on any atom is -0.353 e. The van der Waals surface area contributed by atoms with Gasteiger partial charge in [-0.3, -0.25) is 0 Å². The molecule has 0 fully saturated rings. The van der Waals surface area contributed by atoms with Crippen LogP contribution in [-0.4, -0.2) is 5.54 Å². The van der Waals surface area contributed by atoms with Gasteiger partial charge in [-0.05, 0) is 19.3 Å². The van der Waals surface area contributed by atoms with E-state index in [-0.39, 0.29) is 0 Å². The topological polar surface area (TPSA) is 27.6 Å². The summed E-state index contributed by atoms with van der Waals surface area (Å²) in [5.74, 6) is 0. The third kappa shape index (κ3) is 6.42. The van der Waals surface area contributed by atoms with Crippen molar-refractivity contribution in [3.8, 4) is 0 Å². The van der Waals surface area contributed by atoms with Gasteiger partial charge in [0, 0.05) is 19.3 Å². The van der Waals surface area contributed by atoms with Crippen molar-refractivity contribution in [3.05, 3.63) is 0 Å². The number of hydrogen-bond acceptors (Lipinski definition) is 0. The molecule has 0 radical (unpaired) electrons. The predicted molar refractivity (Wildman–Crippen MR) is 64.2 cm³/mol. The second kappa shape index (κ2) is 8.28. The molecule has 0 rings (SSSR count). The fraction of sp³-hybridized carbons (Fsp3) is 1.00. The lowest BCUT2D eigenvalue weighted by atomic mass is 9.84. The quantitative estimate of drug-likeness (QED) is 0.589. The minimum atomic E-state index is 0.405. The molecular formula is C13H30N+. The zero-order chi connectivity index (χ0) is 10.9. The molecule has 14 heavy (non-hydrogen) atoms. The van der Waals surface area contributed by atoms with Crippen LogP contribution >= 0.6 is 0 Å². The van der Waals surface area contributed by atoms with Crippen molar-refractivity contribution in [2.45, 2.75) is 84.1 Å². The van der Waals surface area contributed by atoms with Gasteiger partial charge in [0.1, 0.15) is 0 Å². The van der Waals surface area contributed by atoms with E-state index in [1.165, 1.54) is 57.8 Å². The number of quaternary nitrogens is 1. The molecule has 0 aliphatic rings. The molecule has 0 heterocycles. The highest BCUT2D eigenvalue weighted by molar-refractivity contribution is 4.76. The first-order chi connectivity index (χ1) is 6.68. The van der Waals surface area contributed by atoms with Gasteiger partial charge in [-0.25, -0.2) is 0 Å². The maximum Gasteiger partial charge on any atom is 0.0945 e. The number of hydrogen-bond donors (Lipinski definition) is 1. The molecule has 0 saturated carbocycles. The van der Waals surface area contributed by atoms with Crippen molar-refractivity contribution >= 4 is 0 Å². The van der Waals surface area contributed by atoms with Gasteiger partial charge in [0.15, 0.2) is 0 Å². The lowest BCUT2D eigenvalue weighted by molar-refractivity contribution is -0.484. The van der Waals surface area contributed by atoms with Gasteiger partial charge in [0.2, 0.25) is 0 Å². The molecule has 0 aromatic carbocycles. The largest absolute Gasteiger partial charge is 0.353 e. The van der Waals surface area contributed by atoms with Gasteiger partial charge in [0.25, 0.3) is 0 Å². The Hall–Kier alpha value is -0.0400. The van der Waals surface area contributed by atoms with Crippen molar-refractivity contribution in [3.63, 3.8) is 0 Å². The lowest BCUT2D eigenvalue weighted by Gasteiger charge is -2.25. The number of unbranched alkanes of at least 4 members (excludes halogenated alkanes) is 3. The molecular weight excluding hydrogens is 170 g/mol. The Bertz CT molecular complexity index is 98.6. The standard InChI is InChI=1S/C13H29N/c1-4-7-10-13(14,11-8-5-2)12-9-6-3/h4-12,14H2,1-3H3/p+1. The van der Waals surface area contributed by atoms with Crippen LogP contribution in [-0.2, 0) is 0 Å². The highest BCUT2D eigenvalue weighted by atomic mass is 14.7. The summed E-state index contributed by atoms with van der Waals surface area (Å²) in [6.07, 6.45) is 12.0. The second-order valence-electron chi connectivity index (χ2n) is 4.81. The molecule has 0 aliphatic heterocycles. The Kier molecular flexibility index (Phi) is 8.26. The summed E-state index contributed by atoms with van der Waals surface area (Å²) in [5, 5.41) is 0. The smallest absolute Gasteiger partial charge is 0.0945 e. The SMILES string of the molecule is CCCCC([NH3+])(CCCC)CCCC. The van der Waals surface area contributed by atoms with Crippen LogP contribution in [0.1, 0.15) is 78.6 Å². The van der Waals surface area contributed by atoms with Crippen molar-refractivity contribution in [2.24, 2.45) is 0 Å². The van der Waals surface area contributed by atoms with E-state index in [2.05, 4.69) is 26.5 Å². The monoisotopic (exact) mass is 200 g/mol.